The molecule has 0 aromatic rings. The molecule has 0 aliphatic heterocycles. The van der Waals surface area contributed by atoms with Crippen LogP contribution >= 0.6 is 0 Å². The number of unbranched alkanes of at least 4 members (excludes halogenated alkanes) is 8. The molecule has 0 atom stereocenters. The summed E-state index contributed by atoms with van der Waals surface area (Å²) in [6, 6.07) is 0. The van der Waals surface area contributed by atoms with Crippen LogP contribution in [0.1, 0.15) is 71.1 Å². The summed E-state index contributed by atoms with van der Waals surface area (Å²) in [4.78, 5) is 0. The van der Waals surface area contributed by atoms with E-state index < -0.39 is 0 Å². The van der Waals surface area contributed by atoms with Crippen LogP contribution in [0.2, 0.25) is 0 Å². The molecule has 0 saturated heterocycles. The fourth-order valence-corrected chi connectivity index (χ4v) is 1.53. The molecule has 0 aromatic heterocycles. The predicted octanol–water partition coefficient (Wildman–Crippen LogP) is 2.30. The van der Waals surface area contributed by atoms with E-state index in [0.29, 0.717) is 0 Å². The molecule has 0 amide bonds. The molecule has 0 N–H and O–H groups in total. The molecule has 1 heteroatoms. The minimum absolute atomic E-state index is 0. The van der Waals surface area contributed by atoms with Crippen molar-refractivity contribution in [3.63, 3.8) is 0 Å². The number of allylic oxidation sites excluding steroid dienone is 2. The van der Waals surface area contributed by atoms with Crippen molar-refractivity contribution in [3.05, 3.63) is 19.1 Å². The zero-order valence-electron chi connectivity index (χ0n) is 10.9. The second kappa shape index (κ2) is 16.8. The van der Waals surface area contributed by atoms with Gasteiger partial charge in [0.15, 0.2) is 0 Å². The van der Waals surface area contributed by atoms with Gasteiger partial charge in [-0.2, -0.15) is 6.42 Å². The molecule has 0 rings (SSSR count). The third-order valence-electron chi connectivity index (χ3n) is 2.51. The van der Waals surface area contributed by atoms with E-state index >= 15 is 0 Å². The monoisotopic (exact) mass is 202 g/mol. The van der Waals surface area contributed by atoms with E-state index in [1.165, 1.54) is 57.8 Å². The van der Waals surface area contributed by atoms with E-state index in [2.05, 4.69) is 26.0 Å². The Morgan fingerprint density at radius 1 is 0.800 bits per heavy atom. The van der Waals surface area contributed by atoms with Crippen molar-refractivity contribution in [2.24, 2.45) is 0 Å². The van der Waals surface area contributed by atoms with Crippen molar-refractivity contribution in [3.8, 4) is 0 Å². The molecule has 15 heavy (non-hydrogen) atoms. The van der Waals surface area contributed by atoms with Crippen molar-refractivity contribution < 1.29 is 18.9 Å². The van der Waals surface area contributed by atoms with Gasteiger partial charge in [0.2, 0.25) is 0 Å². The third kappa shape index (κ3) is 17.0. The molecule has 0 unspecified atom stereocenters. The molecule has 0 nitrogen and oxygen atoms in total. The summed E-state index contributed by atoms with van der Waals surface area (Å²) < 4.78 is 0. The van der Waals surface area contributed by atoms with Crippen LogP contribution in [0.5, 0.6) is 0 Å². The number of hydrogen-bond acceptors (Lipinski definition) is 0. The molecule has 0 radical (unpaired) electrons. The standard InChI is InChI=1S/C14H27.Li/c1-3-5-7-9-11-13-14-12-10-8-6-4-2;/h10,12H,1,3-9,11,13-14H2,2H3;/q-1;+1/b12-10-;. The molecule has 84 valence electrons. The average molecular weight is 202 g/mol. The minimum Gasteiger partial charge on any atom is -0.343 e. The summed E-state index contributed by atoms with van der Waals surface area (Å²) in [5, 5.41) is 0. The van der Waals surface area contributed by atoms with E-state index in [1.54, 1.807) is 0 Å². The third-order valence-corrected chi connectivity index (χ3v) is 2.51. The second-order valence-electron chi connectivity index (χ2n) is 4.02. The van der Waals surface area contributed by atoms with Crippen LogP contribution in [0.25, 0.3) is 0 Å². The van der Waals surface area contributed by atoms with Crippen LogP contribution in [0.15, 0.2) is 12.2 Å². The predicted molar refractivity (Wildman–Crippen MR) is 66.3 cm³/mol. The van der Waals surface area contributed by atoms with Crippen LogP contribution in [-0.4, -0.2) is 0 Å². The molecule has 0 spiro atoms. The topological polar surface area (TPSA) is 0 Å². The van der Waals surface area contributed by atoms with Crippen LogP contribution < -0.4 is 18.9 Å². The van der Waals surface area contributed by atoms with Gasteiger partial charge in [0.25, 0.3) is 0 Å². The Morgan fingerprint density at radius 3 is 1.93 bits per heavy atom. The molecular weight excluding hydrogens is 175 g/mol. The zero-order chi connectivity index (χ0) is 10.5. The van der Waals surface area contributed by atoms with Gasteiger partial charge in [-0.05, 0) is 19.3 Å². The van der Waals surface area contributed by atoms with Gasteiger partial charge in [0.1, 0.15) is 0 Å². The summed E-state index contributed by atoms with van der Waals surface area (Å²) in [6.07, 6.45) is 17.9. The van der Waals surface area contributed by atoms with Crippen LogP contribution in [0, 0.1) is 6.92 Å². The van der Waals surface area contributed by atoms with E-state index in [0.717, 1.165) is 6.42 Å². The van der Waals surface area contributed by atoms with E-state index in [1.807, 2.05) is 0 Å². The maximum absolute atomic E-state index is 3.85. The maximum Gasteiger partial charge on any atom is 1.00 e. The van der Waals surface area contributed by atoms with Gasteiger partial charge < -0.3 is 6.92 Å². The Kier molecular flexibility index (Phi) is 19.8. The van der Waals surface area contributed by atoms with Crippen molar-refractivity contribution in [2.45, 2.75) is 71.1 Å². The molecule has 0 heterocycles. The molecule has 0 fully saturated rings. The van der Waals surface area contributed by atoms with Gasteiger partial charge in [-0.3, -0.25) is 0 Å². The largest absolute Gasteiger partial charge is 1.00 e. The Labute approximate surface area is 109 Å². The first-order valence-corrected chi connectivity index (χ1v) is 6.36. The van der Waals surface area contributed by atoms with Crippen molar-refractivity contribution in [1.82, 2.24) is 0 Å². The number of hydrogen-bond donors (Lipinski definition) is 0. The van der Waals surface area contributed by atoms with Crippen molar-refractivity contribution in [2.75, 3.05) is 0 Å². The van der Waals surface area contributed by atoms with Crippen LogP contribution in [0.4, 0.5) is 0 Å². The van der Waals surface area contributed by atoms with Gasteiger partial charge in [-0.25, -0.2) is 0 Å². The first-order chi connectivity index (χ1) is 6.91. The fourth-order valence-electron chi connectivity index (χ4n) is 1.53. The summed E-state index contributed by atoms with van der Waals surface area (Å²) in [7, 11) is 0. The summed E-state index contributed by atoms with van der Waals surface area (Å²) >= 11 is 0. The minimum atomic E-state index is 0. The van der Waals surface area contributed by atoms with Gasteiger partial charge in [-0.15, -0.1) is 0 Å². The molecule has 0 saturated carbocycles. The molecule has 0 aromatic carbocycles. The molecular formula is C14H27Li. The van der Waals surface area contributed by atoms with Crippen LogP contribution in [-0.2, 0) is 0 Å². The quantitative estimate of drug-likeness (QED) is 0.221. The van der Waals surface area contributed by atoms with Gasteiger partial charge in [0.05, 0.1) is 0 Å². The second-order valence-corrected chi connectivity index (χ2v) is 4.02. The Balaban J connectivity index is 0. The SMILES string of the molecule is [CH2-]CCCCCCC/C=C\CCCC.[Li+]. The molecule has 0 aliphatic carbocycles. The number of rotatable bonds is 10. The van der Waals surface area contributed by atoms with E-state index in [4.69, 9.17) is 0 Å². The summed E-state index contributed by atoms with van der Waals surface area (Å²) in [5.41, 5.74) is 0. The first-order valence-electron chi connectivity index (χ1n) is 6.36. The van der Waals surface area contributed by atoms with Crippen LogP contribution in [0.3, 0.4) is 0 Å². The van der Waals surface area contributed by atoms with Gasteiger partial charge in [0, 0.05) is 0 Å². The average Bonchev–Trinajstić information content (AvgIpc) is 2.21. The van der Waals surface area contributed by atoms with Gasteiger partial charge in [-0.1, -0.05) is 57.6 Å². The van der Waals surface area contributed by atoms with Crippen molar-refractivity contribution in [1.29, 1.82) is 0 Å². The zero-order valence-corrected chi connectivity index (χ0v) is 10.9. The maximum atomic E-state index is 3.85. The van der Waals surface area contributed by atoms with Gasteiger partial charge >= 0.3 is 18.9 Å². The summed E-state index contributed by atoms with van der Waals surface area (Å²) in [6.45, 7) is 6.10. The van der Waals surface area contributed by atoms with E-state index in [9.17, 15) is 0 Å². The Bertz CT molecular complexity index is 119. The van der Waals surface area contributed by atoms with E-state index in [-0.39, 0.29) is 18.9 Å². The first kappa shape index (κ1) is 17.7. The fraction of sp³-hybridized carbons (Fsp3) is 0.786. The van der Waals surface area contributed by atoms with Crippen molar-refractivity contribution >= 4 is 0 Å². The summed E-state index contributed by atoms with van der Waals surface area (Å²) in [5.74, 6) is 0. The smallest absolute Gasteiger partial charge is 0.343 e. The molecule has 0 bridgehead atoms. The Morgan fingerprint density at radius 2 is 1.33 bits per heavy atom. The molecule has 0 aliphatic rings. The Hall–Kier alpha value is 0.337. The normalized spacial score (nSPS) is 10.5.